The predicted octanol–water partition coefficient (Wildman–Crippen LogP) is 4.18. The molecule has 0 aromatic heterocycles. The zero-order chi connectivity index (χ0) is 26.8. The molecule has 7 nitrogen and oxygen atoms in total. The summed E-state index contributed by atoms with van der Waals surface area (Å²) in [6.45, 7) is 5.88. The van der Waals surface area contributed by atoms with Crippen molar-refractivity contribution in [2.75, 3.05) is 23.9 Å². The first-order chi connectivity index (χ1) is 17.8. The molecule has 3 aromatic rings. The molecule has 1 atom stereocenters. The molecule has 37 heavy (non-hydrogen) atoms. The van der Waals surface area contributed by atoms with Gasteiger partial charge in [-0.2, -0.15) is 0 Å². The van der Waals surface area contributed by atoms with Crippen LogP contribution in [0.15, 0.2) is 89.8 Å². The Hall–Kier alpha value is -3.65. The number of sulfonamides is 1. The topological polar surface area (TPSA) is 86.8 Å². The zero-order valence-corrected chi connectivity index (χ0v) is 22.4. The lowest BCUT2D eigenvalue weighted by Crippen LogP contribution is -2.53. The van der Waals surface area contributed by atoms with Gasteiger partial charge in [-0.15, -0.1) is 0 Å². The fraction of sp³-hybridized carbons (Fsp3) is 0.310. The predicted molar refractivity (Wildman–Crippen MR) is 147 cm³/mol. The molecule has 0 spiro atoms. The highest BCUT2D eigenvalue weighted by molar-refractivity contribution is 7.92. The number of nitrogens with zero attached hydrogens (tertiary/aromatic N) is 2. The van der Waals surface area contributed by atoms with Crippen molar-refractivity contribution in [3.8, 4) is 0 Å². The normalized spacial score (nSPS) is 12.0. The average molecular weight is 522 g/mol. The number of carbonyl (C=O) groups excluding carboxylic acids is 2. The zero-order valence-electron chi connectivity index (χ0n) is 21.6. The van der Waals surface area contributed by atoms with Crippen molar-refractivity contribution in [2.45, 2.75) is 44.6 Å². The quantitative estimate of drug-likeness (QED) is 0.388. The van der Waals surface area contributed by atoms with Crippen LogP contribution in [-0.2, 0) is 26.0 Å². The second-order valence-corrected chi connectivity index (χ2v) is 10.7. The third kappa shape index (κ3) is 7.20. The van der Waals surface area contributed by atoms with Crippen LogP contribution in [0, 0.1) is 6.92 Å². The molecule has 0 radical (unpaired) electrons. The van der Waals surface area contributed by atoms with Gasteiger partial charge in [0.2, 0.25) is 11.8 Å². The van der Waals surface area contributed by atoms with Gasteiger partial charge in [-0.25, -0.2) is 8.42 Å². The molecule has 0 heterocycles. The van der Waals surface area contributed by atoms with Gasteiger partial charge in [-0.05, 0) is 56.5 Å². The van der Waals surface area contributed by atoms with E-state index in [1.165, 1.54) is 17.0 Å². The highest BCUT2D eigenvalue weighted by Crippen LogP contribution is 2.25. The standard InChI is InChI=1S/C29H35N3O4S/c1-4-27(29(34)30-5-2)31(21-20-24-12-8-6-9-13-24)28(33)22-32(25-18-16-23(3)17-19-25)37(35,36)26-14-10-7-11-15-26/h6-19,27H,4-5,20-22H2,1-3H3,(H,30,34)/t27-/m0/s1. The minimum Gasteiger partial charge on any atom is -0.355 e. The molecule has 196 valence electrons. The monoisotopic (exact) mass is 521 g/mol. The van der Waals surface area contributed by atoms with E-state index >= 15 is 0 Å². The molecule has 0 aliphatic heterocycles. The first kappa shape index (κ1) is 27.9. The fourth-order valence-corrected chi connectivity index (χ4v) is 5.58. The summed E-state index contributed by atoms with van der Waals surface area (Å²) in [5.74, 6) is -0.687. The van der Waals surface area contributed by atoms with E-state index in [-0.39, 0.29) is 17.3 Å². The van der Waals surface area contributed by atoms with Crippen molar-refractivity contribution in [2.24, 2.45) is 0 Å². The first-order valence-corrected chi connectivity index (χ1v) is 14.0. The van der Waals surface area contributed by atoms with Crippen LogP contribution in [0.4, 0.5) is 5.69 Å². The summed E-state index contributed by atoms with van der Waals surface area (Å²) in [7, 11) is -4.04. The number of anilines is 1. The second kappa shape index (κ2) is 13.1. The summed E-state index contributed by atoms with van der Waals surface area (Å²) in [4.78, 5) is 28.4. The third-order valence-electron chi connectivity index (χ3n) is 6.15. The summed E-state index contributed by atoms with van der Waals surface area (Å²) in [5, 5.41) is 2.81. The Morgan fingerprint density at radius 2 is 1.46 bits per heavy atom. The molecular formula is C29H35N3O4S. The van der Waals surface area contributed by atoms with Crippen LogP contribution in [0.1, 0.15) is 31.4 Å². The molecule has 0 unspecified atom stereocenters. The van der Waals surface area contributed by atoms with Crippen molar-refractivity contribution >= 4 is 27.5 Å². The van der Waals surface area contributed by atoms with Crippen molar-refractivity contribution in [3.63, 3.8) is 0 Å². The van der Waals surface area contributed by atoms with Gasteiger partial charge in [-0.3, -0.25) is 13.9 Å². The Morgan fingerprint density at radius 3 is 2.03 bits per heavy atom. The minimum absolute atomic E-state index is 0.0926. The van der Waals surface area contributed by atoms with Gasteiger partial charge in [0.15, 0.2) is 0 Å². The van der Waals surface area contributed by atoms with E-state index in [1.807, 2.05) is 63.2 Å². The maximum Gasteiger partial charge on any atom is 0.264 e. The second-order valence-electron chi connectivity index (χ2n) is 8.80. The highest BCUT2D eigenvalue weighted by Gasteiger charge is 2.33. The van der Waals surface area contributed by atoms with Crippen LogP contribution in [0.25, 0.3) is 0 Å². The summed E-state index contributed by atoms with van der Waals surface area (Å²) in [5.41, 5.74) is 2.38. The van der Waals surface area contributed by atoms with Crippen LogP contribution in [0.3, 0.4) is 0 Å². The Morgan fingerprint density at radius 1 is 0.865 bits per heavy atom. The Balaban J connectivity index is 1.98. The lowest BCUT2D eigenvalue weighted by Gasteiger charge is -2.33. The number of likely N-dealkylation sites (N-methyl/N-ethyl adjacent to an activating group) is 1. The van der Waals surface area contributed by atoms with Crippen molar-refractivity contribution in [1.29, 1.82) is 0 Å². The van der Waals surface area contributed by atoms with Crippen LogP contribution >= 0.6 is 0 Å². The molecule has 8 heteroatoms. The molecular weight excluding hydrogens is 486 g/mol. The number of amides is 2. The summed E-state index contributed by atoms with van der Waals surface area (Å²) >= 11 is 0. The Kier molecular flexibility index (Phi) is 9.85. The number of benzene rings is 3. The van der Waals surface area contributed by atoms with E-state index in [2.05, 4.69) is 5.32 Å². The smallest absolute Gasteiger partial charge is 0.264 e. The Bertz CT molecular complexity index is 1260. The van der Waals surface area contributed by atoms with Crippen LogP contribution in [0.2, 0.25) is 0 Å². The Labute approximate surface area is 220 Å². The molecule has 0 bridgehead atoms. The maximum absolute atomic E-state index is 13.8. The van der Waals surface area contributed by atoms with Crippen LogP contribution in [-0.4, -0.2) is 50.8 Å². The van der Waals surface area contributed by atoms with Crippen LogP contribution in [0.5, 0.6) is 0 Å². The van der Waals surface area contributed by atoms with Gasteiger partial charge >= 0.3 is 0 Å². The SMILES string of the molecule is CCNC(=O)[C@H](CC)N(CCc1ccccc1)C(=O)CN(c1ccc(C)cc1)S(=O)(=O)c1ccccc1. The molecule has 2 amide bonds. The molecule has 0 saturated heterocycles. The summed E-state index contributed by atoms with van der Waals surface area (Å²) in [6, 6.07) is 24.1. The number of rotatable bonds is 12. The third-order valence-corrected chi connectivity index (χ3v) is 7.94. The van der Waals surface area contributed by atoms with Crippen molar-refractivity contribution < 1.29 is 18.0 Å². The summed E-state index contributed by atoms with van der Waals surface area (Å²) in [6.07, 6.45) is 0.945. The molecule has 3 rings (SSSR count). The lowest BCUT2D eigenvalue weighted by molar-refractivity contribution is -0.139. The van der Waals surface area contributed by atoms with E-state index in [0.29, 0.717) is 25.1 Å². The summed E-state index contributed by atoms with van der Waals surface area (Å²) < 4.78 is 28.5. The van der Waals surface area contributed by atoms with Gasteiger partial charge in [0.05, 0.1) is 10.6 Å². The van der Waals surface area contributed by atoms with E-state index in [1.54, 1.807) is 30.3 Å². The molecule has 0 fully saturated rings. The molecule has 1 N–H and O–H groups in total. The van der Waals surface area contributed by atoms with E-state index in [0.717, 1.165) is 15.4 Å². The highest BCUT2D eigenvalue weighted by atomic mass is 32.2. The average Bonchev–Trinajstić information content (AvgIpc) is 2.91. The maximum atomic E-state index is 13.8. The molecule has 0 aliphatic rings. The minimum atomic E-state index is -4.04. The van der Waals surface area contributed by atoms with Crippen molar-refractivity contribution in [1.82, 2.24) is 10.2 Å². The van der Waals surface area contributed by atoms with Crippen molar-refractivity contribution in [3.05, 3.63) is 96.1 Å². The fourth-order valence-electron chi connectivity index (χ4n) is 4.15. The molecule has 0 saturated carbocycles. The molecule has 0 aliphatic carbocycles. The number of nitrogens with one attached hydrogen (secondary N) is 1. The van der Waals surface area contributed by atoms with Gasteiger partial charge in [0.1, 0.15) is 12.6 Å². The number of aryl methyl sites for hydroxylation is 1. The number of hydrogen-bond acceptors (Lipinski definition) is 4. The van der Waals surface area contributed by atoms with Crippen LogP contribution < -0.4 is 9.62 Å². The molecule has 3 aromatic carbocycles. The van der Waals surface area contributed by atoms with Gasteiger partial charge in [0.25, 0.3) is 10.0 Å². The van der Waals surface area contributed by atoms with Gasteiger partial charge in [0, 0.05) is 13.1 Å². The number of carbonyl (C=O) groups is 2. The number of hydrogen-bond donors (Lipinski definition) is 1. The largest absolute Gasteiger partial charge is 0.355 e. The lowest BCUT2D eigenvalue weighted by atomic mass is 10.1. The van der Waals surface area contributed by atoms with Gasteiger partial charge < -0.3 is 10.2 Å². The van der Waals surface area contributed by atoms with E-state index in [4.69, 9.17) is 0 Å². The van der Waals surface area contributed by atoms with E-state index in [9.17, 15) is 18.0 Å². The van der Waals surface area contributed by atoms with Gasteiger partial charge in [-0.1, -0.05) is 73.2 Å². The van der Waals surface area contributed by atoms with E-state index < -0.39 is 28.5 Å². The first-order valence-electron chi connectivity index (χ1n) is 12.5.